The van der Waals surface area contributed by atoms with E-state index in [9.17, 15) is 0 Å². The van der Waals surface area contributed by atoms with Gasteiger partial charge in [-0.25, -0.2) is 0 Å². The van der Waals surface area contributed by atoms with Crippen LogP contribution in [0.5, 0.6) is 5.06 Å². The molecule has 2 N–H and O–H groups in total. The second-order valence-corrected chi connectivity index (χ2v) is 5.71. The van der Waals surface area contributed by atoms with Crippen molar-refractivity contribution in [1.82, 2.24) is 5.32 Å². The number of nitrogens with one attached hydrogen (secondary N) is 2. The summed E-state index contributed by atoms with van der Waals surface area (Å²) in [6, 6.07) is 12.6. The first-order valence-electron chi connectivity index (χ1n) is 6.60. The van der Waals surface area contributed by atoms with Gasteiger partial charge in [0.15, 0.2) is 11.0 Å². The van der Waals surface area contributed by atoms with Gasteiger partial charge >= 0.3 is 0 Å². The van der Waals surface area contributed by atoms with Gasteiger partial charge in [0.1, 0.15) is 0 Å². The summed E-state index contributed by atoms with van der Waals surface area (Å²) in [6.45, 7) is 1.77. The highest BCUT2D eigenvalue weighted by Gasteiger charge is 2.05. The van der Waals surface area contributed by atoms with Crippen LogP contribution in [0.15, 0.2) is 41.4 Å². The number of thiophene rings is 1. The first kappa shape index (κ1) is 13.0. The highest BCUT2D eigenvalue weighted by Crippen LogP contribution is 2.26. The smallest absolute Gasteiger partial charge is 0.195 e. The fraction of sp³-hybridized carbons (Fsp3) is 0.267. The molecule has 1 aliphatic heterocycles. The minimum absolute atomic E-state index is 0.848. The molecule has 0 bridgehead atoms. The lowest BCUT2D eigenvalue weighted by molar-refractivity contribution is 0.427. The maximum atomic E-state index is 5.21. The van der Waals surface area contributed by atoms with Crippen molar-refractivity contribution in [2.45, 2.75) is 6.42 Å². The predicted octanol–water partition coefficient (Wildman–Crippen LogP) is 2.72. The molecule has 2 heterocycles. The van der Waals surface area contributed by atoms with Crippen molar-refractivity contribution in [3.05, 3.63) is 46.8 Å². The summed E-state index contributed by atoms with van der Waals surface area (Å²) in [5.74, 6) is 0.862. The Morgan fingerprint density at radius 2 is 2.10 bits per heavy atom. The summed E-state index contributed by atoms with van der Waals surface area (Å²) >= 11 is 1.69. The van der Waals surface area contributed by atoms with E-state index < -0.39 is 0 Å². The molecule has 0 aliphatic carbocycles. The van der Waals surface area contributed by atoms with E-state index in [4.69, 9.17) is 4.74 Å². The summed E-state index contributed by atoms with van der Waals surface area (Å²) in [7, 11) is 1.70. The molecule has 1 aromatic heterocycles. The van der Waals surface area contributed by atoms with Crippen molar-refractivity contribution in [3.8, 4) is 5.06 Å². The Balaban J connectivity index is 1.63. The Kier molecular flexibility index (Phi) is 3.87. The van der Waals surface area contributed by atoms with Crippen LogP contribution < -0.4 is 15.4 Å². The molecule has 0 unspecified atom stereocenters. The normalized spacial score (nSPS) is 13.8. The lowest BCUT2D eigenvalue weighted by Gasteiger charge is -2.07. The monoisotopic (exact) mass is 287 g/mol. The fourth-order valence-corrected chi connectivity index (χ4v) is 2.94. The number of aliphatic imine (C=N–C) groups is 1. The third kappa shape index (κ3) is 3.11. The number of hydrogen-bond donors (Lipinski definition) is 2. The summed E-state index contributed by atoms with van der Waals surface area (Å²) < 4.78 is 5.21. The van der Waals surface area contributed by atoms with E-state index >= 15 is 0 Å². The first-order chi connectivity index (χ1) is 9.83. The van der Waals surface area contributed by atoms with Gasteiger partial charge in [0.2, 0.25) is 0 Å². The molecule has 20 heavy (non-hydrogen) atoms. The third-order valence-corrected chi connectivity index (χ3v) is 4.15. The van der Waals surface area contributed by atoms with Gasteiger partial charge in [-0.05, 0) is 29.8 Å². The number of benzene rings is 1. The number of methoxy groups -OCH3 is 1. The minimum Gasteiger partial charge on any atom is -0.487 e. The molecule has 104 valence electrons. The third-order valence-electron chi connectivity index (χ3n) is 3.11. The molecule has 0 radical (unpaired) electrons. The number of hydrogen-bond acceptors (Lipinski definition) is 5. The number of guanidine groups is 1. The lowest BCUT2D eigenvalue weighted by atomic mass is 10.1. The maximum absolute atomic E-state index is 5.21. The van der Waals surface area contributed by atoms with E-state index in [1.54, 1.807) is 18.4 Å². The van der Waals surface area contributed by atoms with Crippen LogP contribution >= 0.6 is 11.3 Å². The highest BCUT2D eigenvalue weighted by molar-refractivity contribution is 7.13. The number of anilines is 1. The minimum atomic E-state index is 0.848. The van der Waals surface area contributed by atoms with Gasteiger partial charge < -0.3 is 15.4 Å². The van der Waals surface area contributed by atoms with Gasteiger partial charge in [-0.15, -0.1) is 11.3 Å². The van der Waals surface area contributed by atoms with Crippen LogP contribution in [0.3, 0.4) is 0 Å². The van der Waals surface area contributed by atoms with Crippen molar-refractivity contribution >= 4 is 23.0 Å². The SMILES string of the molecule is COc1ccc(Cc2ccc(NC3=NCCN3)cc2)s1. The van der Waals surface area contributed by atoms with E-state index in [-0.39, 0.29) is 0 Å². The molecule has 0 atom stereocenters. The molecular weight excluding hydrogens is 270 g/mol. The van der Waals surface area contributed by atoms with Gasteiger partial charge in [-0.1, -0.05) is 12.1 Å². The summed E-state index contributed by atoms with van der Waals surface area (Å²) in [6.07, 6.45) is 0.938. The van der Waals surface area contributed by atoms with Crippen LogP contribution in [0.2, 0.25) is 0 Å². The summed E-state index contributed by atoms with van der Waals surface area (Å²) in [4.78, 5) is 5.63. The highest BCUT2D eigenvalue weighted by atomic mass is 32.1. The van der Waals surface area contributed by atoms with Crippen molar-refractivity contribution in [1.29, 1.82) is 0 Å². The first-order valence-corrected chi connectivity index (χ1v) is 7.42. The molecule has 2 aromatic rings. The van der Waals surface area contributed by atoms with Crippen molar-refractivity contribution in [3.63, 3.8) is 0 Å². The van der Waals surface area contributed by atoms with Crippen molar-refractivity contribution in [2.75, 3.05) is 25.5 Å². The molecule has 0 fully saturated rings. The van der Waals surface area contributed by atoms with Gasteiger partial charge in [-0.3, -0.25) is 4.99 Å². The van der Waals surface area contributed by atoms with Gasteiger partial charge in [-0.2, -0.15) is 0 Å². The fourth-order valence-electron chi connectivity index (χ4n) is 2.09. The Hall–Kier alpha value is -2.01. The molecule has 1 aliphatic rings. The van der Waals surface area contributed by atoms with Crippen LogP contribution in [0, 0.1) is 0 Å². The van der Waals surface area contributed by atoms with Crippen LogP contribution in [0.1, 0.15) is 10.4 Å². The zero-order valence-corrected chi connectivity index (χ0v) is 12.2. The number of ether oxygens (including phenoxy) is 1. The van der Waals surface area contributed by atoms with Crippen LogP contribution in [-0.2, 0) is 6.42 Å². The summed E-state index contributed by atoms with van der Waals surface area (Å²) in [5.41, 5.74) is 2.35. The van der Waals surface area contributed by atoms with Crippen LogP contribution in [-0.4, -0.2) is 26.2 Å². The van der Waals surface area contributed by atoms with E-state index in [0.29, 0.717) is 0 Å². The summed E-state index contributed by atoms with van der Waals surface area (Å²) in [5, 5.41) is 7.42. The van der Waals surface area contributed by atoms with E-state index in [2.05, 4.69) is 46.0 Å². The maximum Gasteiger partial charge on any atom is 0.195 e. The molecule has 4 nitrogen and oxygen atoms in total. The van der Waals surface area contributed by atoms with E-state index in [0.717, 1.165) is 36.2 Å². The zero-order valence-electron chi connectivity index (χ0n) is 11.3. The molecule has 3 rings (SSSR count). The molecule has 0 saturated heterocycles. The second-order valence-electron chi connectivity index (χ2n) is 4.58. The molecule has 0 amide bonds. The average molecular weight is 287 g/mol. The van der Waals surface area contributed by atoms with Gasteiger partial charge in [0.05, 0.1) is 13.7 Å². The van der Waals surface area contributed by atoms with Crippen molar-refractivity contribution < 1.29 is 4.74 Å². The van der Waals surface area contributed by atoms with Gasteiger partial charge in [0.25, 0.3) is 0 Å². The van der Waals surface area contributed by atoms with Gasteiger partial charge in [0, 0.05) is 23.5 Å². The molecule has 0 saturated carbocycles. The molecule has 0 spiro atoms. The standard InChI is InChI=1S/C15H17N3OS/c1-19-14-7-6-13(20-14)10-11-2-4-12(5-3-11)18-15-16-8-9-17-15/h2-7H,8-10H2,1H3,(H2,16,17,18). The van der Waals surface area contributed by atoms with E-state index in [1.807, 2.05) is 6.07 Å². The quantitative estimate of drug-likeness (QED) is 0.909. The molecule has 1 aromatic carbocycles. The van der Waals surface area contributed by atoms with E-state index in [1.165, 1.54) is 10.4 Å². The topological polar surface area (TPSA) is 45.6 Å². The Morgan fingerprint density at radius 1 is 1.25 bits per heavy atom. The lowest BCUT2D eigenvalue weighted by Crippen LogP contribution is -2.26. The second kappa shape index (κ2) is 5.96. The Labute approximate surface area is 122 Å². The average Bonchev–Trinajstić information content (AvgIpc) is 3.12. The predicted molar refractivity (Wildman–Crippen MR) is 84.0 cm³/mol. The van der Waals surface area contributed by atoms with Crippen LogP contribution in [0.25, 0.3) is 0 Å². The zero-order chi connectivity index (χ0) is 13.8. The molecule has 5 heteroatoms. The largest absolute Gasteiger partial charge is 0.487 e. The molecular formula is C15H17N3OS. The van der Waals surface area contributed by atoms with Crippen LogP contribution in [0.4, 0.5) is 5.69 Å². The Morgan fingerprint density at radius 3 is 2.75 bits per heavy atom. The van der Waals surface area contributed by atoms with Crippen molar-refractivity contribution in [2.24, 2.45) is 4.99 Å². The number of nitrogens with zero attached hydrogens (tertiary/aromatic N) is 1. The Bertz CT molecular complexity index is 604. The number of rotatable bonds is 4.